The van der Waals surface area contributed by atoms with Gasteiger partial charge in [0.15, 0.2) is 0 Å². The van der Waals surface area contributed by atoms with Gasteiger partial charge in [-0.15, -0.1) is 0 Å². The van der Waals surface area contributed by atoms with Crippen molar-refractivity contribution in [3.05, 3.63) is 89.2 Å². The molecule has 186 valence electrons. The third-order valence-corrected chi connectivity index (χ3v) is 6.28. The molecule has 1 saturated carbocycles. The Morgan fingerprint density at radius 3 is 2.19 bits per heavy atom. The van der Waals surface area contributed by atoms with Crippen LogP contribution in [0, 0.1) is 0 Å². The molecule has 0 bridgehead atoms. The molecule has 1 aliphatic rings. The molecular formula is C31H34ClN3O. The third kappa shape index (κ3) is 6.19. The summed E-state index contributed by atoms with van der Waals surface area (Å²) in [4.78, 5) is 9.60. The number of halogens is 1. The summed E-state index contributed by atoms with van der Waals surface area (Å²) in [6.07, 6.45) is 6.98. The lowest BCUT2D eigenvalue weighted by atomic mass is 9.72. The molecule has 2 aromatic heterocycles. The fourth-order valence-corrected chi connectivity index (χ4v) is 4.39. The lowest BCUT2D eigenvalue weighted by Gasteiger charge is -2.38. The first-order chi connectivity index (χ1) is 17.0. The van der Waals surface area contributed by atoms with Crippen molar-refractivity contribution in [1.82, 2.24) is 9.97 Å². The second-order valence-corrected chi connectivity index (χ2v) is 11.1. The number of pyridine rings is 2. The van der Waals surface area contributed by atoms with Gasteiger partial charge in [0, 0.05) is 33.3 Å². The fraction of sp³-hybridized carbons (Fsp3) is 0.290. The summed E-state index contributed by atoms with van der Waals surface area (Å²) in [7, 11) is 0. The molecule has 4 aromatic rings. The zero-order valence-electron chi connectivity index (χ0n) is 21.4. The highest BCUT2D eigenvalue weighted by Gasteiger charge is 2.34. The van der Waals surface area contributed by atoms with Gasteiger partial charge in [0.1, 0.15) is 0 Å². The molecule has 0 aliphatic heterocycles. The zero-order valence-corrected chi connectivity index (χ0v) is 22.2. The van der Waals surface area contributed by atoms with Crippen molar-refractivity contribution in [2.45, 2.75) is 58.1 Å². The van der Waals surface area contributed by atoms with Crippen LogP contribution < -0.4 is 5.73 Å². The van der Waals surface area contributed by atoms with E-state index in [0.29, 0.717) is 5.03 Å². The van der Waals surface area contributed by atoms with Crippen molar-refractivity contribution in [1.29, 1.82) is 0 Å². The van der Waals surface area contributed by atoms with Gasteiger partial charge in [-0.2, -0.15) is 0 Å². The zero-order chi connectivity index (χ0) is 25.9. The molecule has 1 fully saturated rings. The molecule has 0 saturated heterocycles. The summed E-state index contributed by atoms with van der Waals surface area (Å²) in [6, 6.07) is 23.1. The normalized spacial score (nSPS) is 15.1. The summed E-state index contributed by atoms with van der Waals surface area (Å²) in [5.41, 5.74) is 13.0. The number of rotatable bonds is 4. The maximum atomic E-state index is 8.52. The van der Waals surface area contributed by atoms with Crippen LogP contribution in [0.15, 0.2) is 78.0 Å². The molecule has 2 heterocycles. The minimum atomic E-state index is -0.500. The topological polar surface area (TPSA) is 72.0 Å². The molecule has 0 atom stereocenters. The Morgan fingerprint density at radius 1 is 1.00 bits per heavy atom. The number of nitrogens with two attached hydrogens (primary N) is 1. The minimum Gasteiger partial charge on any atom is -0.391 e. The highest BCUT2D eigenvalue weighted by Crippen LogP contribution is 2.40. The fourth-order valence-electron chi connectivity index (χ4n) is 4.29. The van der Waals surface area contributed by atoms with Crippen molar-refractivity contribution in [3.63, 3.8) is 0 Å². The SMILES string of the molecule is C/C(Cl)=C/c1nccc2nc(-c3ccc(C4(N)CCC4)cc3)c(-c3ccccc3)cc12.CC(C)(C)O. The van der Waals surface area contributed by atoms with Crippen LogP contribution in [0.3, 0.4) is 0 Å². The average molecular weight is 500 g/mol. The van der Waals surface area contributed by atoms with E-state index in [0.717, 1.165) is 51.8 Å². The summed E-state index contributed by atoms with van der Waals surface area (Å²) in [5.74, 6) is 0. The largest absolute Gasteiger partial charge is 0.391 e. The molecule has 2 aromatic carbocycles. The van der Waals surface area contributed by atoms with Crippen molar-refractivity contribution < 1.29 is 5.11 Å². The van der Waals surface area contributed by atoms with Gasteiger partial charge in [0.25, 0.3) is 0 Å². The van der Waals surface area contributed by atoms with Gasteiger partial charge in [0.05, 0.1) is 22.5 Å². The Morgan fingerprint density at radius 2 is 1.64 bits per heavy atom. The number of benzene rings is 2. The van der Waals surface area contributed by atoms with E-state index in [9.17, 15) is 0 Å². The summed E-state index contributed by atoms with van der Waals surface area (Å²) < 4.78 is 0. The lowest BCUT2D eigenvalue weighted by Crippen LogP contribution is -2.43. The van der Waals surface area contributed by atoms with Gasteiger partial charge < -0.3 is 10.8 Å². The van der Waals surface area contributed by atoms with Gasteiger partial charge in [-0.05, 0) is 76.3 Å². The highest BCUT2D eigenvalue weighted by molar-refractivity contribution is 6.31. The number of aromatic nitrogens is 2. The van der Waals surface area contributed by atoms with Crippen molar-refractivity contribution in [2.75, 3.05) is 0 Å². The molecule has 4 nitrogen and oxygen atoms in total. The quantitative estimate of drug-likeness (QED) is 0.302. The van der Waals surface area contributed by atoms with Gasteiger partial charge in [-0.25, -0.2) is 4.98 Å². The molecular weight excluding hydrogens is 466 g/mol. The van der Waals surface area contributed by atoms with E-state index in [1.54, 1.807) is 27.0 Å². The number of aliphatic hydroxyl groups is 1. The lowest BCUT2D eigenvalue weighted by molar-refractivity contribution is 0.102. The maximum Gasteiger partial charge on any atom is 0.0788 e. The standard InChI is InChI=1S/C27H24ClN3.C4H10O/c1-18(28)16-25-23-17-22(19-6-3-2-4-7-19)26(31-24(23)12-15-30-25)20-8-10-21(11-9-20)27(29)13-5-14-27;1-4(2,3)5/h2-4,6-12,15-17H,5,13-14,29H2,1H3;5H,1-3H3/b18-16-;. The van der Waals surface area contributed by atoms with Crippen LogP contribution in [-0.4, -0.2) is 20.7 Å². The number of hydrogen-bond donors (Lipinski definition) is 2. The van der Waals surface area contributed by atoms with Crippen LogP contribution in [0.2, 0.25) is 0 Å². The van der Waals surface area contributed by atoms with E-state index in [4.69, 9.17) is 27.4 Å². The molecule has 1 aliphatic carbocycles. The third-order valence-electron chi connectivity index (χ3n) is 6.17. The Balaban J connectivity index is 0.000000556. The molecule has 0 spiro atoms. The van der Waals surface area contributed by atoms with Crippen LogP contribution in [0.25, 0.3) is 39.4 Å². The molecule has 36 heavy (non-hydrogen) atoms. The molecule has 3 N–H and O–H groups in total. The van der Waals surface area contributed by atoms with E-state index >= 15 is 0 Å². The maximum absolute atomic E-state index is 8.52. The highest BCUT2D eigenvalue weighted by atomic mass is 35.5. The minimum absolute atomic E-state index is 0.163. The van der Waals surface area contributed by atoms with Crippen LogP contribution >= 0.6 is 11.6 Å². The van der Waals surface area contributed by atoms with Gasteiger partial charge in [-0.3, -0.25) is 4.98 Å². The van der Waals surface area contributed by atoms with Gasteiger partial charge in [-0.1, -0.05) is 66.2 Å². The van der Waals surface area contributed by atoms with Gasteiger partial charge >= 0.3 is 0 Å². The summed E-state index contributed by atoms with van der Waals surface area (Å²) >= 11 is 6.16. The average Bonchev–Trinajstić information content (AvgIpc) is 2.81. The predicted octanol–water partition coefficient (Wildman–Crippen LogP) is 7.68. The number of hydrogen-bond acceptors (Lipinski definition) is 4. The molecule has 0 unspecified atom stereocenters. The summed E-state index contributed by atoms with van der Waals surface area (Å²) in [5, 5.41) is 10.2. The number of allylic oxidation sites excluding steroid dienone is 1. The van der Waals surface area contributed by atoms with E-state index in [1.807, 2.05) is 37.3 Å². The number of fused-ring (bicyclic) bond motifs is 1. The van der Waals surface area contributed by atoms with Crippen LogP contribution in [0.5, 0.6) is 0 Å². The van der Waals surface area contributed by atoms with Crippen LogP contribution in [0.4, 0.5) is 0 Å². The van der Waals surface area contributed by atoms with E-state index in [-0.39, 0.29) is 5.54 Å². The Bertz CT molecular complexity index is 1360. The second kappa shape index (κ2) is 10.5. The van der Waals surface area contributed by atoms with E-state index in [1.165, 1.54) is 12.0 Å². The smallest absolute Gasteiger partial charge is 0.0788 e. The van der Waals surface area contributed by atoms with Gasteiger partial charge in [0.2, 0.25) is 0 Å². The first kappa shape index (κ1) is 26.0. The summed E-state index contributed by atoms with van der Waals surface area (Å²) in [6.45, 7) is 7.09. The molecule has 0 amide bonds. The van der Waals surface area contributed by atoms with Crippen LogP contribution in [-0.2, 0) is 5.54 Å². The van der Waals surface area contributed by atoms with Crippen molar-refractivity contribution >= 4 is 28.6 Å². The number of nitrogens with zero attached hydrogens (tertiary/aromatic N) is 2. The van der Waals surface area contributed by atoms with Crippen molar-refractivity contribution in [2.24, 2.45) is 5.73 Å². The second-order valence-electron chi connectivity index (χ2n) is 10.5. The van der Waals surface area contributed by atoms with Crippen LogP contribution in [0.1, 0.15) is 58.2 Å². The molecule has 0 radical (unpaired) electrons. The Labute approximate surface area is 218 Å². The van der Waals surface area contributed by atoms with E-state index < -0.39 is 5.60 Å². The Hall–Kier alpha value is -3.05. The monoisotopic (exact) mass is 499 g/mol. The molecule has 5 heteroatoms. The van der Waals surface area contributed by atoms with E-state index in [2.05, 4.69) is 47.4 Å². The van der Waals surface area contributed by atoms with Crippen molar-refractivity contribution in [3.8, 4) is 22.4 Å². The first-order valence-corrected chi connectivity index (χ1v) is 12.7. The molecule has 5 rings (SSSR count). The Kier molecular flexibility index (Phi) is 7.60. The first-order valence-electron chi connectivity index (χ1n) is 12.3. The predicted molar refractivity (Wildman–Crippen MR) is 152 cm³/mol.